The van der Waals surface area contributed by atoms with E-state index in [-0.39, 0.29) is 46.7 Å². The number of ether oxygens (including phenoxy) is 2. The van der Waals surface area contributed by atoms with Crippen molar-refractivity contribution in [1.29, 1.82) is 0 Å². The van der Waals surface area contributed by atoms with Crippen LogP contribution in [0.4, 0.5) is 11.4 Å². The Bertz CT molecular complexity index is 2630. The number of hydrogen-bond donors (Lipinski definition) is 2. The van der Waals surface area contributed by atoms with Gasteiger partial charge in [0, 0.05) is 22.1 Å². The lowest BCUT2D eigenvalue weighted by Crippen LogP contribution is -2.53. The summed E-state index contributed by atoms with van der Waals surface area (Å²) in [5, 5.41) is 12.7. The van der Waals surface area contributed by atoms with Gasteiger partial charge in [0.15, 0.2) is 17.3 Å². The number of anilines is 2. The van der Waals surface area contributed by atoms with Crippen LogP contribution in [0.15, 0.2) is 127 Å². The van der Waals surface area contributed by atoms with Crippen LogP contribution in [0.5, 0.6) is 17.2 Å². The third kappa shape index (κ3) is 5.97. The molecule has 302 valence electrons. The van der Waals surface area contributed by atoms with Crippen molar-refractivity contribution in [1.82, 2.24) is 5.01 Å². The van der Waals surface area contributed by atoms with Gasteiger partial charge in [-0.3, -0.25) is 34.3 Å². The molecule has 5 aromatic carbocycles. The highest BCUT2D eigenvalue weighted by Gasteiger charge is 2.70. The van der Waals surface area contributed by atoms with E-state index in [9.17, 15) is 19.5 Å². The predicted octanol–water partition coefficient (Wildman–Crippen LogP) is 8.14. The van der Waals surface area contributed by atoms with Gasteiger partial charge in [-0.1, -0.05) is 83.4 Å². The number of rotatable bonds is 9. The number of methoxy groups -OCH3 is 2. The normalized spacial score (nSPS) is 24.4. The Kier molecular flexibility index (Phi) is 9.76. The number of ketones is 1. The minimum atomic E-state index is -1.61. The number of carbonyl (C=O) groups is 5. The number of amides is 4. The van der Waals surface area contributed by atoms with E-state index < -0.39 is 52.7 Å². The molecule has 3 fully saturated rings. The fourth-order valence-corrected chi connectivity index (χ4v) is 10.3. The summed E-state index contributed by atoms with van der Waals surface area (Å²) in [5.74, 6) is -5.84. The van der Waals surface area contributed by atoms with Gasteiger partial charge in [-0.25, -0.2) is 0 Å². The van der Waals surface area contributed by atoms with E-state index in [1.54, 1.807) is 97.1 Å². The molecule has 5 aromatic rings. The molecule has 9 rings (SSSR count). The van der Waals surface area contributed by atoms with Crippen LogP contribution < -0.4 is 19.8 Å². The number of nitrogens with zero attached hydrogens (tertiary/aromatic N) is 2. The molecule has 4 amide bonds. The minimum Gasteiger partial charge on any atom is -0.504 e. The van der Waals surface area contributed by atoms with E-state index in [0.717, 1.165) is 5.01 Å². The maximum atomic E-state index is 15.5. The van der Waals surface area contributed by atoms with Gasteiger partial charge in [0.05, 0.1) is 53.8 Å². The van der Waals surface area contributed by atoms with Gasteiger partial charge in [0.25, 0.3) is 11.8 Å². The van der Waals surface area contributed by atoms with Crippen molar-refractivity contribution in [2.75, 3.05) is 24.5 Å². The number of phenolic OH excluding ortho intramolecular Hbond substituents is 1. The van der Waals surface area contributed by atoms with E-state index in [4.69, 9.17) is 32.7 Å². The highest BCUT2D eigenvalue weighted by Crippen LogP contribution is 2.64. The maximum Gasteiger partial charge on any atom is 0.260 e. The van der Waals surface area contributed by atoms with Crippen LogP contribution in [-0.4, -0.2) is 53.7 Å². The monoisotopic (exact) mass is 841 g/mol. The summed E-state index contributed by atoms with van der Waals surface area (Å²) in [7, 11) is 2.96. The molecule has 1 saturated carbocycles. The Balaban J connectivity index is 1.17. The number of allylic oxidation sites excluding steroid dienone is 2. The topological polar surface area (TPSA) is 143 Å². The molecule has 0 spiro atoms. The molecular weight excluding hydrogens is 805 g/mol. The third-order valence-corrected chi connectivity index (χ3v) is 13.1. The van der Waals surface area contributed by atoms with E-state index >= 15 is 9.59 Å². The Labute approximate surface area is 355 Å². The largest absolute Gasteiger partial charge is 0.504 e. The molecule has 6 unspecified atom stereocenters. The van der Waals surface area contributed by atoms with Crippen LogP contribution in [0.1, 0.15) is 45.8 Å². The molecule has 2 heterocycles. The highest BCUT2D eigenvalue weighted by atomic mass is 35.5. The average Bonchev–Trinajstić information content (AvgIpc) is 3.65. The predicted molar refractivity (Wildman–Crippen MR) is 224 cm³/mol. The van der Waals surface area contributed by atoms with Crippen molar-refractivity contribution >= 4 is 64.0 Å². The summed E-state index contributed by atoms with van der Waals surface area (Å²) in [4.78, 5) is 74.0. The molecule has 2 N–H and O–H groups in total. The lowest BCUT2D eigenvalue weighted by Gasteiger charge is -2.50. The van der Waals surface area contributed by atoms with Gasteiger partial charge in [-0.15, -0.1) is 0 Å². The number of hydrazine groups is 1. The second kappa shape index (κ2) is 15.0. The van der Waals surface area contributed by atoms with Crippen molar-refractivity contribution in [3.05, 3.63) is 159 Å². The lowest BCUT2D eigenvalue weighted by atomic mass is 9.49. The number of hydrogen-bond acceptors (Lipinski definition) is 9. The van der Waals surface area contributed by atoms with E-state index in [0.29, 0.717) is 44.3 Å². The quantitative estimate of drug-likeness (QED) is 0.0855. The molecule has 13 heteroatoms. The second-order valence-corrected chi connectivity index (χ2v) is 16.2. The molecule has 2 aliphatic heterocycles. The molecule has 0 bridgehead atoms. The smallest absolute Gasteiger partial charge is 0.260 e. The van der Waals surface area contributed by atoms with Crippen LogP contribution in [0.3, 0.4) is 0 Å². The average molecular weight is 843 g/mol. The molecule has 11 nitrogen and oxygen atoms in total. The Morgan fingerprint density at radius 3 is 2.17 bits per heavy atom. The van der Waals surface area contributed by atoms with E-state index in [2.05, 4.69) is 5.43 Å². The first-order valence-electron chi connectivity index (χ1n) is 19.4. The zero-order valence-electron chi connectivity index (χ0n) is 32.3. The van der Waals surface area contributed by atoms with Crippen molar-refractivity contribution in [2.24, 2.45) is 23.7 Å². The second-order valence-electron chi connectivity index (χ2n) is 15.4. The maximum absolute atomic E-state index is 15.5. The van der Waals surface area contributed by atoms with Gasteiger partial charge in [-0.2, -0.15) is 5.01 Å². The summed E-state index contributed by atoms with van der Waals surface area (Å²) in [6.45, 7) is 0. The summed E-state index contributed by atoms with van der Waals surface area (Å²) >= 11 is 12.8. The van der Waals surface area contributed by atoms with E-state index in [1.165, 1.54) is 31.3 Å². The van der Waals surface area contributed by atoms with Crippen molar-refractivity contribution in [2.45, 2.75) is 24.2 Å². The number of benzene rings is 5. The first-order chi connectivity index (χ1) is 29.0. The van der Waals surface area contributed by atoms with Gasteiger partial charge < -0.3 is 14.6 Å². The number of halogens is 2. The van der Waals surface area contributed by atoms with E-state index in [1.807, 2.05) is 12.1 Å². The van der Waals surface area contributed by atoms with Crippen LogP contribution >= 0.6 is 23.2 Å². The molecule has 2 saturated heterocycles. The van der Waals surface area contributed by atoms with Crippen LogP contribution in [0.25, 0.3) is 0 Å². The van der Waals surface area contributed by atoms with Crippen molar-refractivity contribution in [3.8, 4) is 17.2 Å². The summed E-state index contributed by atoms with van der Waals surface area (Å²) in [6, 6.07) is 31.7. The molecule has 4 aliphatic rings. The molecule has 2 aliphatic carbocycles. The zero-order valence-corrected chi connectivity index (χ0v) is 33.8. The number of aromatic hydroxyl groups is 1. The van der Waals surface area contributed by atoms with Crippen LogP contribution in [0.2, 0.25) is 10.0 Å². The first-order valence-corrected chi connectivity index (χ1v) is 20.1. The Hall–Kier alpha value is -6.43. The summed E-state index contributed by atoms with van der Waals surface area (Å²) < 4.78 is 10.9. The SMILES string of the molecule is COc1ccc(C23C(=O)N(Nc4ccc(Cl)cc4Cl)C(=O)C2CC2C(=CCC4C(=O)N(c5ccc(C(=O)c6ccccc6)cc5)C(=O)C42)C3c2ccc(OC)c(O)c2)cc1. The lowest BCUT2D eigenvalue weighted by molar-refractivity contribution is -0.138. The highest BCUT2D eigenvalue weighted by molar-refractivity contribution is 6.36. The van der Waals surface area contributed by atoms with Crippen molar-refractivity contribution < 1.29 is 38.6 Å². The molecule has 6 atom stereocenters. The number of carbonyl (C=O) groups excluding carboxylic acids is 5. The van der Waals surface area contributed by atoms with Gasteiger partial charge in [-0.05, 0) is 96.6 Å². The van der Waals surface area contributed by atoms with Gasteiger partial charge in [0.2, 0.25) is 11.8 Å². The number of fused-ring (bicyclic) bond motifs is 4. The standard InChI is InChI=1S/C47H37Cl2N3O8/c1-59-31-16-11-28(12-17-31)47-35(44(56)52(46(47)58)50-37-20-13-29(48)23-36(37)49)24-34-32(41(47)27-10-21-39(60-2)38(53)22-27)18-19-33-40(34)45(57)51(43(33)55)30-14-8-26(9-15-30)42(54)25-6-4-3-5-7-25/h3-18,20-23,33-35,40-41,50,53H,19,24H2,1-2H3. The number of nitrogens with one attached hydrogen (secondary N) is 1. The van der Waals surface area contributed by atoms with Crippen LogP contribution in [0, 0.1) is 23.7 Å². The Morgan fingerprint density at radius 1 is 0.783 bits per heavy atom. The first kappa shape index (κ1) is 39.1. The molecule has 0 aromatic heterocycles. The summed E-state index contributed by atoms with van der Waals surface area (Å²) in [6.07, 6.45) is 2.17. The molecule has 60 heavy (non-hydrogen) atoms. The fourth-order valence-electron chi connectivity index (χ4n) is 9.88. The Morgan fingerprint density at radius 2 is 1.50 bits per heavy atom. The summed E-state index contributed by atoms with van der Waals surface area (Å²) in [5.41, 5.74) is 4.60. The minimum absolute atomic E-state index is 0.0478. The van der Waals surface area contributed by atoms with Gasteiger partial charge in [0.1, 0.15) is 5.75 Å². The fraction of sp³-hybridized carbons (Fsp3) is 0.213. The van der Waals surface area contributed by atoms with Crippen LogP contribution in [-0.2, 0) is 24.6 Å². The number of phenols is 1. The molecular formula is C47H37Cl2N3O8. The zero-order chi connectivity index (χ0) is 42.0. The molecule has 0 radical (unpaired) electrons. The van der Waals surface area contributed by atoms with Crippen molar-refractivity contribution in [3.63, 3.8) is 0 Å². The number of imide groups is 2. The van der Waals surface area contributed by atoms with Gasteiger partial charge >= 0.3 is 0 Å². The third-order valence-electron chi connectivity index (χ3n) is 12.5.